The smallest absolute Gasteiger partial charge is 0.255 e. The number of amides is 2. The lowest BCUT2D eigenvalue weighted by Crippen LogP contribution is -2.27. The van der Waals surface area contributed by atoms with Gasteiger partial charge in [0.15, 0.2) is 5.82 Å². The van der Waals surface area contributed by atoms with Crippen LogP contribution < -0.4 is 10.6 Å². The third-order valence-electron chi connectivity index (χ3n) is 4.78. The van der Waals surface area contributed by atoms with Gasteiger partial charge in [-0.2, -0.15) is 5.10 Å². The van der Waals surface area contributed by atoms with E-state index in [1.54, 1.807) is 47.4 Å². The molecule has 0 spiro atoms. The van der Waals surface area contributed by atoms with Gasteiger partial charge in [-0.1, -0.05) is 30.3 Å². The van der Waals surface area contributed by atoms with Crippen LogP contribution in [0.3, 0.4) is 0 Å². The van der Waals surface area contributed by atoms with Gasteiger partial charge in [0.2, 0.25) is 0 Å². The van der Waals surface area contributed by atoms with Crippen LogP contribution in [0.4, 0.5) is 5.69 Å². The number of benzene rings is 2. The van der Waals surface area contributed by atoms with Crippen molar-refractivity contribution in [1.29, 1.82) is 0 Å². The molecule has 0 fully saturated rings. The van der Waals surface area contributed by atoms with Crippen LogP contribution in [0, 0.1) is 0 Å². The first-order chi connectivity index (χ1) is 15.1. The number of anilines is 1. The Hall–Kier alpha value is -4.26. The fourth-order valence-corrected chi connectivity index (χ4v) is 3.10. The summed E-state index contributed by atoms with van der Waals surface area (Å²) >= 11 is 0. The van der Waals surface area contributed by atoms with E-state index in [1.165, 1.54) is 6.20 Å². The highest BCUT2D eigenvalue weighted by atomic mass is 16.2. The van der Waals surface area contributed by atoms with Gasteiger partial charge < -0.3 is 10.6 Å². The molecule has 0 bridgehead atoms. The van der Waals surface area contributed by atoms with Crippen molar-refractivity contribution in [2.45, 2.75) is 13.0 Å². The molecule has 2 amide bonds. The highest BCUT2D eigenvalue weighted by Gasteiger charge is 2.13. The summed E-state index contributed by atoms with van der Waals surface area (Å²) in [4.78, 5) is 29.3. The first-order valence-corrected chi connectivity index (χ1v) is 9.83. The molecule has 0 radical (unpaired) electrons. The second-order valence-electron chi connectivity index (χ2n) is 7.00. The maximum Gasteiger partial charge on any atom is 0.255 e. The van der Waals surface area contributed by atoms with Crippen LogP contribution >= 0.6 is 0 Å². The van der Waals surface area contributed by atoms with E-state index in [9.17, 15) is 9.59 Å². The Morgan fingerprint density at radius 1 is 0.903 bits per heavy atom. The summed E-state index contributed by atoms with van der Waals surface area (Å²) < 4.78 is 1.62. The molecular formula is C24H21N5O2. The third-order valence-corrected chi connectivity index (χ3v) is 4.78. The van der Waals surface area contributed by atoms with E-state index in [-0.39, 0.29) is 17.9 Å². The zero-order valence-corrected chi connectivity index (χ0v) is 16.9. The largest absolute Gasteiger partial charge is 0.345 e. The maximum absolute atomic E-state index is 12.6. The molecule has 2 aromatic carbocycles. The minimum absolute atomic E-state index is 0.183. The van der Waals surface area contributed by atoms with Crippen molar-refractivity contribution in [2.75, 3.05) is 5.32 Å². The zero-order valence-electron chi connectivity index (χ0n) is 16.9. The summed E-state index contributed by atoms with van der Waals surface area (Å²) in [5, 5.41) is 9.97. The number of hydrogen-bond acceptors (Lipinski definition) is 4. The molecule has 2 heterocycles. The van der Waals surface area contributed by atoms with Crippen LogP contribution in [-0.4, -0.2) is 26.6 Å². The van der Waals surface area contributed by atoms with Crippen molar-refractivity contribution in [2.24, 2.45) is 0 Å². The highest BCUT2D eigenvalue weighted by molar-refractivity contribution is 6.04. The van der Waals surface area contributed by atoms with Crippen molar-refractivity contribution in [3.05, 3.63) is 108 Å². The predicted molar refractivity (Wildman–Crippen MR) is 118 cm³/mol. The molecule has 0 aliphatic carbocycles. The van der Waals surface area contributed by atoms with Crippen molar-refractivity contribution in [3.63, 3.8) is 0 Å². The molecule has 0 saturated heterocycles. The molecule has 31 heavy (non-hydrogen) atoms. The molecule has 7 nitrogen and oxygen atoms in total. The van der Waals surface area contributed by atoms with Gasteiger partial charge in [-0.25, -0.2) is 9.67 Å². The number of rotatable bonds is 6. The average Bonchev–Trinajstić information content (AvgIpc) is 3.35. The highest BCUT2D eigenvalue weighted by Crippen LogP contribution is 2.19. The minimum atomic E-state index is -0.258. The summed E-state index contributed by atoms with van der Waals surface area (Å²) in [5.41, 5.74) is 2.58. The SMILES string of the molecule is CC(NC(=O)c1ccc(-n2cccn2)nc1)c1cccc(NC(=O)c2ccccc2)c1. The first kappa shape index (κ1) is 20.0. The van der Waals surface area contributed by atoms with Gasteiger partial charge in [-0.05, 0) is 55.0 Å². The fraction of sp³-hybridized carbons (Fsp3) is 0.0833. The van der Waals surface area contributed by atoms with Gasteiger partial charge in [0.25, 0.3) is 11.8 Å². The predicted octanol–water partition coefficient (Wildman–Crippen LogP) is 4.01. The molecule has 2 N–H and O–H groups in total. The van der Waals surface area contributed by atoms with Crippen molar-refractivity contribution < 1.29 is 9.59 Å². The Balaban J connectivity index is 1.41. The van der Waals surface area contributed by atoms with E-state index in [4.69, 9.17) is 0 Å². The lowest BCUT2D eigenvalue weighted by molar-refractivity contribution is 0.0938. The molecule has 0 aliphatic rings. The van der Waals surface area contributed by atoms with Gasteiger partial charge in [-0.3, -0.25) is 9.59 Å². The van der Waals surface area contributed by atoms with Crippen molar-refractivity contribution >= 4 is 17.5 Å². The van der Waals surface area contributed by atoms with E-state index < -0.39 is 0 Å². The summed E-state index contributed by atoms with van der Waals surface area (Å²) in [7, 11) is 0. The molecule has 1 unspecified atom stereocenters. The Kier molecular flexibility index (Phi) is 5.84. The zero-order chi connectivity index (χ0) is 21.6. The summed E-state index contributed by atoms with van der Waals surface area (Å²) in [6.07, 6.45) is 4.98. The number of nitrogens with one attached hydrogen (secondary N) is 2. The van der Waals surface area contributed by atoms with Crippen LogP contribution in [0.25, 0.3) is 5.82 Å². The molecule has 2 aromatic heterocycles. The number of carbonyl (C=O) groups is 2. The second kappa shape index (κ2) is 9.04. The first-order valence-electron chi connectivity index (χ1n) is 9.83. The van der Waals surface area contributed by atoms with E-state index in [0.717, 1.165) is 5.56 Å². The van der Waals surface area contributed by atoms with Crippen LogP contribution in [0.1, 0.15) is 39.2 Å². The lowest BCUT2D eigenvalue weighted by Gasteiger charge is -2.16. The summed E-state index contributed by atoms with van der Waals surface area (Å²) in [5.74, 6) is 0.222. The van der Waals surface area contributed by atoms with Crippen molar-refractivity contribution in [1.82, 2.24) is 20.1 Å². The van der Waals surface area contributed by atoms with Gasteiger partial charge in [0.1, 0.15) is 0 Å². The van der Waals surface area contributed by atoms with E-state index in [2.05, 4.69) is 20.7 Å². The maximum atomic E-state index is 12.6. The van der Waals surface area contributed by atoms with Crippen LogP contribution in [0.5, 0.6) is 0 Å². The van der Waals surface area contributed by atoms with Crippen LogP contribution in [0.15, 0.2) is 91.4 Å². The minimum Gasteiger partial charge on any atom is -0.345 e. The standard InChI is InChI=1S/C24H21N5O2/c1-17(27-24(31)20-11-12-22(25-16-20)29-14-6-13-26-29)19-9-5-10-21(15-19)28-23(30)18-7-3-2-4-8-18/h2-17H,1H3,(H,27,31)(H,28,30). The molecule has 7 heteroatoms. The Morgan fingerprint density at radius 2 is 1.74 bits per heavy atom. The fourth-order valence-electron chi connectivity index (χ4n) is 3.10. The number of hydrogen-bond donors (Lipinski definition) is 2. The molecular weight excluding hydrogens is 390 g/mol. The summed E-state index contributed by atoms with van der Waals surface area (Å²) in [6.45, 7) is 1.89. The molecule has 154 valence electrons. The molecule has 4 aromatic rings. The quantitative estimate of drug-likeness (QED) is 0.502. The van der Waals surface area contributed by atoms with Crippen molar-refractivity contribution in [3.8, 4) is 5.82 Å². The number of pyridine rings is 1. The van der Waals surface area contributed by atoms with Gasteiger partial charge in [-0.15, -0.1) is 0 Å². The Morgan fingerprint density at radius 3 is 2.45 bits per heavy atom. The molecule has 0 saturated carbocycles. The average molecular weight is 411 g/mol. The molecule has 0 aliphatic heterocycles. The molecule has 4 rings (SSSR count). The Labute approximate surface area is 179 Å². The molecule has 1 atom stereocenters. The van der Waals surface area contributed by atoms with E-state index >= 15 is 0 Å². The lowest BCUT2D eigenvalue weighted by atomic mass is 10.1. The van der Waals surface area contributed by atoms with E-state index in [1.807, 2.05) is 49.4 Å². The van der Waals surface area contributed by atoms with Crippen LogP contribution in [-0.2, 0) is 0 Å². The number of aromatic nitrogens is 3. The number of nitrogens with zero attached hydrogens (tertiary/aromatic N) is 3. The Bertz CT molecular complexity index is 1170. The van der Waals surface area contributed by atoms with Gasteiger partial charge in [0, 0.05) is 29.8 Å². The van der Waals surface area contributed by atoms with Crippen LogP contribution in [0.2, 0.25) is 0 Å². The van der Waals surface area contributed by atoms with Gasteiger partial charge >= 0.3 is 0 Å². The topological polar surface area (TPSA) is 88.9 Å². The van der Waals surface area contributed by atoms with Gasteiger partial charge in [0.05, 0.1) is 11.6 Å². The number of carbonyl (C=O) groups excluding carboxylic acids is 2. The van der Waals surface area contributed by atoms with E-state index in [0.29, 0.717) is 22.6 Å². The normalized spacial score (nSPS) is 11.5. The third kappa shape index (κ3) is 4.84. The monoisotopic (exact) mass is 411 g/mol. The summed E-state index contributed by atoms with van der Waals surface area (Å²) in [6, 6.07) is 21.4. The second-order valence-corrected chi connectivity index (χ2v) is 7.00.